The monoisotopic (exact) mass is 372 g/mol. The minimum atomic E-state index is -0.549. The van der Waals surface area contributed by atoms with Crippen LogP contribution in [0.5, 0.6) is 5.75 Å². The first-order valence-electron chi connectivity index (χ1n) is 9.22. The van der Waals surface area contributed by atoms with Crippen LogP contribution < -0.4 is 4.74 Å². The highest BCUT2D eigenvalue weighted by Gasteiger charge is 2.38. The number of aliphatic hydroxyl groups excluding tert-OH is 1. The molecule has 1 amide bonds. The number of nitrogens with zero attached hydrogens (tertiary/aromatic N) is 3. The van der Waals surface area contributed by atoms with Gasteiger partial charge in [-0.3, -0.25) is 14.8 Å². The Morgan fingerprint density at radius 2 is 2.04 bits per heavy atom. The maximum atomic E-state index is 12.8. The number of aliphatic hydroxyl groups is 1. The average Bonchev–Trinajstić information content (AvgIpc) is 3.34. The smallest absolute Gasteiger partial charge is 0.274 e. The highest BCUT2D eigenvalue weighted by molar-refractivity contribution is 5.92. The van der Waals surface area contributed by atoms with Gasteiger partial charge in [-0.25, -0.2) is 0 Å². The molecule has 0 unspecified atom stereocenters. The second kappa shape index (κ2) is 8.08. The molecule has 0 saturated carbocycles. The Kier molecular flexibility index (Phi) is 5.38. The number of aromatic nitrogens is 2. The van der Waals surface area contributed by atoms with Crippen LogP contribution in [-0.4, -0.2) is 82.5 Å². The molecular formula is C19H24N4O4. The van der Waals surface area contributed by atoms with Crippen molar-refractivity contribution >= 4 is 5.91 Å². The van der Waals surface area contributed by atoms with Crippen LogP contribution in [0, 0.1) is 0 Å². The fourth-order valence-corrected chi connectivity index (χ4v) is 3.59. The lowest BCUT2D eigenvalue weighted by Gasteiger charge is -2.33. The van der Waals surface area contributed by atoms with Gasteiger partial charge < -0.3 is 19.5 Å². The van der Waals surface area contributed by atoms with Crippen molar-refractivity contribution in [2.45, 2.75) is 18.8 Å². The van der Waals surface area contributed by atoms with Crippen molar-refractivity contribution in [1.82, 2.24) is 20.0 Å². The van der Waals surface area contributed by atoms with Gasteiger partial charge in [0.1, 0.15) is 12.4 Å². The van der Waals surface area contributed by atoms with Gasteiger partial charge in [-0.15, -0.1) is 0 Å². The predicted molar refractivity (Wildman–Crippen MR) is 97.5 cm³/mol. The topological polar surface area (TPSA) is 90.9 Å². The zero-order valence-corrected chi connectivity index (χ0v) is 15.1. The summed E-state index contributed by atoms with van der Waals surface area (Å²) in [6.07, 6.45) is -0.549. The van der Waals surface area contributed by atoms with E-state index in [1.165, 1.54) is 0 Å². The highest BCUT2D eigenvalue weighted by atomic mass is 16.5. The standard InChI is InChI=1S/C19H24N4O4/c24-18-12-23(11-17(18)22-6-8-26-9-7-22)19(25)16-10-14(20-21-16)13-27-15-4-2-1-3-5-15/h1-5,10,17-18,24H,6-9,11-13H2,(H,20,21)/t17-,18-/m1/s1. The van der Waals surface area contributed by atoms with E-state index in [0.29, 0.717) is 38.6 Å². The number of carbonyl (C=O) groups excluding carboxylic acids is 1. The van der Waals surface area contributed by atoms with Crippen LogP contribution in [-0.2, 0) is 11.3 Å². The summed E-state index contributed by atoms with van der Waals surface area (Å²) in [6.45, 7) is 4.04. The number of morpholine rings is 1. The Balaban J connectivity index is 1.35. The molecule has 2 aliphatic heterocycles. The Hall–Kier alpha value is -2.42. The fourth-order valence-electron chi connectivity index (χ4n) is 3.59. The molecule has 2 saturated heterocycles. The van der Waals surface area contributed by atoms with Gasteiger partial charge in [0.25, 0.3) is 5.91 Å². The number of β-amino-alcohol motifs (C(OH)–C–C–N with tert-alkyl or cyclic N) is 1. The molecular weight excluding hydrogens is 348 g/mol. The Bertz CT molecular complexity index is 760. The van der Waals surface area contributed by atoms with Gasteiger partial charge in [0, 0.05) is 26.2 Å². The molecule has 2 N–H and O–H groups in total. The number of aromatic amines is 1. The average molecular weight is 372 g/mol. The molecule has 1 aromatic heterocycles. The van der Waals surface area contributed by atoms with Crippen molar-refractivity contribution in [3.63, 3.8) is 0 Å². The van der Waals surface area contributed by atoms with E-state index in [0.717, 1.165) is 24.5 Å². The number of amides is 1. The SMILES string of the molecule is O=C(c1cc(COc2ccccc2)[nH]n1)N1C[C@@H](O)[C@H](N2CCOCC2)C1. The summed E-state index contributed by atoms with van der Waals surface area (Å²) in [5, 5.41) is 17.4. The third-order valence-corrected chi connectivity index (χ3v) is 5.05. The third-order valence-electron chi connectivity index (χ3n) is 5.05. The molecule has 3 heterocycles. The molecule has 0 aliphatic carbocycles. The van der Waals surface area contributed by atoms with Gasteiger partial charge in [-0.1, -0.05) is 18.2 Å². The molecule has 1 aromatic carbocycles. The number of nitrogens with one attached hydrogen (secondary N) is 1. The minimum Gasteiger partial charge on any atom is -0.487 e. The molecule has 8 nitrogen and oxygen atoms in total. The largest absolute Gasteiger partial charge is 0.487 e. The molecule has 0 radical (unpaired) electrons. The van der Waals surface area contributed by atoms with Crippen molar-refractivity contribution in [3.05, 3.63) is 47.8 Å². The summed E-state index contributed by atoms with van der Waals surface area (Å²) in [4.78, 5) is 16.6. The highest BCUT2D eigenvalue weighted by Crippen LogP contribution is 2.20. The molecule has 8 heteroatoms. The fraction of sp³-hybridized carbons (Fsp3) is 0.474. The van der Waals surface area contributed by atoms with E-state index >= 15 is 0 Å². The number of carbonyl (C=O) groups is 1. The van der Waals surface area contributed by atoms with Gasteiger partial charge in [0.05, 0.1) is 31.1 Å². The van der Waals surface area contributed by atoms with Gasteiger partial charge in [0.2, 0.25) is 0 Å². The van der Waals surface area contributed by atoms with Gasteiger partial charge in [-0.05, 0) is 18.2 Å². The molecule has 0 spiro atoms. The van der Waals surface area contributed by atoms with Crippen molar-refractivity contribution < 1.29 is 19.4 Å². The molecule has 2 aliphatic rings. The van der Waals surface area contributed by atoms with Crippen molar-refractivity contribution in [2.24, 2.45) is 0 Å². The number of H-pyrrole nitrogens is 1. The molecule has 4 rings (SSSR count). The summed E-state index contributed by atoms with van der Waals surface area (Å²) in [5.41, 5.74) is 1.07. The molecule has 0 bridgehead atoms. The summed E-state index contributed by atoms with van der Waals surface area (Å²) >= 11 is 0. The van der Waals surface area contributed by atoms with Gasteiger partial charge in [0.15, 0.2) is 5.69 Å². The first-order valence-corrected chi connectivity index (χ1v) is 9.22. The van der Waals surface area contributed by atoms with E-state index in [1.54, 1.807) is 11.0 Å². The van der Waals surface area contributed by atoms with Crippen LogP contribution in [0.4, 0.5) is 0 Å². The summed E-state index contributed by atoms with van der Waals surface area (Å²) < 4.78 is 11.0. The Morgan fingerprint density at radius 1 is 1.26 bits per heavy atom. The van der Waals surface area contributed by atoms with Crippen LogP contribution in [0.1, 0.15) is 16.2 Å². The number of rotatable bonds is 5. The predicted octanol–water partition coefficient (Wildman–Crippen LogP) is 0.506. The second-order valence-corrected chi connectivity index (χ2v) is 6.87. The molecule has 144 valence electrons. The first kappa shape index (κ1) is 18.0. The third kappa shape index (κ3) is 4.13. The van der Waals surface area contributed by atoms with Crippen LogP contribution >= 0.6 is 0 Å². The van der Waals surface area contributed by atoms with Gasteiger partial charge in [-0.2, -0.15) is 5.10 Å². The number of benzene rings is 1. The van der Waals surface area contributed by atoms with Crippen molar-refractivity contribution in [3.8, 4) is 5.75 Å². The lowest BCUT2D eigenvalue weighted by molar-refractivity contribution is -0.00611. The molecule has 27 heavy (non-hydrogen) atoms. The van der Waals surface area contributed by atoms with E-state index in [4.69, 9.17) is 9.47 Å². The van der Waals surface area contributed by atoms with Crippen molar-refractivity contribution in [2.75, 3.05) is 39.4 Å². The van der Waals surface area contributed by atoms with Crippen LogP contribution in [0.25, 0.3) is 0 Å². The van der Waals surface area contributed by atoms with E-state index in [9.17, 15) is 9.90 Å². The number of hydrogen-bond acceptors (Lipinski definition) is 6. The molecule has 2 aromatic rings. The quantitative estimate of drug-likeness (QED) is 0.795. The van der Waals surface area contributed by atoms with E-state index in [-0.39, 0.29) is 11.9 Å². The zero-order chi connectivity index (χ0) is 18.6. The van der Waals surface area contributed by atoms with E-state index in [1.807, 2.05) is 30.3 Å². The Labute approximate surface area is 157 Å². The van der Waals surface area contributed by atoms with Gasteiger partial charge >= 0.3 is 0 Å². The number of ether oxygens (including phenoxy) is 2. The number of hydrogen-bond donors (Lipinski definition) is 2. The molecule has 2 fully saturated rings. The maximum absolute atomic E-state index is 12.8. The molecule has 2 atom stereocenters. The van der Waals surface area contributed by atoms with E-state index < -0.39 is 6.10 Å². The van der Waals surface area contributed by atoms with Crippen molar-refractivity contribution in [1.29, 1.82) is 0 Å². The number of likely N-dealkylation sites (tertiary alicyclic amines) is 1. The van der Waals surface area contributed by atoms with E-state index in [2.05, 4.69) is 15.1 Å². The lowest BCUT2D eigenvalue weighted by Crippen LogP contribution is -2.49. The second-order valence-electron chi connectivity index (χ2n) is 6.87. The summed E-state index contributed by atoms with van der Waals surface area (Å²) in [7, 11) is 0. The van der Waals surface area contributed by atoms with Crippen LogP contribution in [0.15, 0.2) is 36.4 Å². The summed E-state index contributed by atoms with van der Waals surface area (Å²) in [6, 6.07) is 11.1. The number of para-hydroxylation sites is 1. The van der Waals surface area contributed by atoms with Crippen LogP contribution in [0.2, 0.25) is 0 Å². The Morgan fingerprint density at radius 3 is 2.81 bits per heavy atom. The van der Waals surface area contributed by atoms with Crippen LogP contribution in [0.3, 0.4) is 0 Å². The summed E-state index contributed by atoms with van der Waals surface area (Å²) in [5.74, 6) is 0.586. The first-order chi connectivity index (χ1) is 13.2. The normalized spacial score (nSPS) is 23.5. The zero-order valence-electron chi connectivity index (χ0n) is 15.1. The minimum absolute atomic E-state index is 0.0438. The lowest BCUT2D eigenvalue weighted by atomic mass is 10.1. The maximum Gasteiger partial charge on any atom is 0.274 e.